The zero-order valence-electron chi connectivity index (χ0n) is 10.8. The van der Waals surface area contributed by atoms with Gasteiger partial charge in [0, 0.05) is 12.1 Å². The minimum Gasteiger partial charge on any atom is -0.311 e. The van der Waals surface area contributed by atoms with Crippen LogP contribution < -0.4 is 5.32 Å². The Balaban J connectivity index is 1.60. The topological polar surface area (TPSA) is 12.0 Å². The molecule has 2 atom stereocenters. The number of hydrogen-bond acceptors (Lipinski definition) is 1. The Morgan fingerprint density at radius 2 is 1.88 bits per heavy atom. The molecule has 1 aromatic carbocycles. The van der Waals surface area contributed by atoms with Gasteiger partial charge in [-0.3, -0.25) is 0 Å². The molecule has 1 aromatic rings. The van der Waals surface area contributed by atoms with Crippen LogP contribution in [0.25, 0.3) is 0 Å². The van der Waals surface area contributed by atoms with Crippen LogP contribution in [0.1, 0.15) is 43.7 Å². The zero-order valence-corrected chi connectivity index (χ0v) is 10.8. The molecule has 0 spiro atoms. The van der Waals surface area contributed by atoms with Crippen LogP contribution in [-0.4, -0.2) is 12.1 Å². The Hall–Kier alpha value is -0.820. The molecule has 1 N–H and O–H groups in total. The molecule has 1 fully saturated rings. The van der Waals surface area contributed by atoms with E-state index in [9.17, 15) is 0 Å². The number of nitrogens with one attached hydrogen (secondary N) is 1. The Bertz CT molecular complexity index is 381. The van der Waals surface area contributed by atoms with Crippen LogP contribution in [0.2, 0.25) is 0 Å². The highest BCUT2D eigenvalue weighted by Crippen LogP contribution is 2.30. The summed E-state index contributed by atoms with van der Waals surface area (Å²) in [5, 5.41) is 3.86. The van der Waals surface area contributed by atoms with Gasteiger partial charge in [-0.25, -0.2) is 0 Å². The predicted octanol–water partition coefficient (Wildman–Crippen LogP) is 3.32. The first-order chi connectivity index (χ1) is 8.33. The molecule has 0 bridgehead atoms. The molecule has 0 heterocycles. The second-order valence-corrected chi connectivity index (χ2v) is 5.85. The average Bonchev–Trinajstić information content (AvgIpc) is 2.26. The van der Waals surface area contributed by atoms with E-state index in [2.05, 4.69) is 36.5 Å². The SMILES string of the molecule is CC(NC1CCc2ccccc2C1)C1CCC1. The lowest BCUT2D eigenvalue weighted by Crippen LogP contribution is -2.45. The van der Waals surface area contributed by atoms with Gasteiger partial charge in [0.05, 0.1) is 0 Å². The summed E-state index contributed by atoms with van der Waals surface area (Å²) >= 11 is 0. The Morgan fingerprint density at radius 1 is 1.12 bits per heavy atom. The second-order valence-electron chi connectivity index (χ2n) is 5.85. The van der Waals surface area contributed by atoms with Crippen LogP contribution in [0.4, 0.5) is 0 Å². The average molecular weight is 229 g/mol. The molecule has 2 unspecified atom stereocenters. The second kappa shape index (κ2) is 4.81. The van der Waals surface area contributed by atoms with E-state index in [1.807, 2.05) is 0 Å². The van der Waals surface area contributed by atoms with Crippen LogP contribution in [-0.2, 0) is 12.8 Å². The van der Waals surface area contributed by atoms with Crippen molar-refractivity contribution < 1.29 is 0 Å². The fourth-order valence-corrected chi connectivity index (χ4v) is 3.29. The molecule has 3 rings (SSSR count). The van der Waals surface area contributed by atoms with Gasteiger partial charge >= 0.3 is 0 Å². The van der Waals surface area contributed by atoms with Crippen molar-refractivity contribution in [1.82, 2.24) is 5.32 Å². The van der Waals surface area contributed by atoms with Gasteiger partial charge in [-0.2, -0.15) is 0 Å². The molecule has 0 saturated heterocycles. The van der Waals surface area contributed by atoms with Gasteiger partial charge in [0.25, 0.3) is 0 Å². The first kappa shape index (κ1) is 11.3. The van der Waals surface area contributed by atoms with E-state index in [-0.39, 0.29) is 0 Å². The maximum atomic E-state index is 3.86. The molecule has 92 valence electrons. The van der Waals surface area contributed by atoms with E-state index >= 15 is 0 Å². The lowest BCUT2D eigenvalue weighted by atomic mass is 9.79. The summed E-state index contributed by atoms with van der Waals surface area (Å²) in [5.41, 5.74) is 3.14. The van der Waals surface area contributed by atoms with E-state index in [1.165, 1.54) is 38.5 Å². The first-order valence-corrected chi connectivity index (χ1v) is 7.16. The maximum Gasteiger partial charge on any atom is 0.0113 e. The third-order valence-corrected chi connectivity index (χ3v) is 4.70. The molecule has 2 aliphatic rings. The quantitative estimate of drug-likeness (QED) is 0.838. The molecule has 1 heteroatoms. The summed E-state index contributed by atoms with van der Waals surface area (Å²) in [6, 6.07) is 10.4. The van der Waals surface area contributed by atoms with Crippen LogP contribution in [0.5, 0.6) is 0 Å². The van der Waals surface area contributed by atoms with Gasteiger partial charge in [0.2, 0.25) is 0 Å². The number of hydrogen-bond donors (Lipinski definition) is 1. The zero-order chi connectivity index (χ0) is 11.7. The molecule has 0 radical (unpaired) electrons. The fourth-order valence-electron chi connectivity index (χ4n) is 3.29. The van der Waals surface area contributed by atoms with Gasteiger partial charge in [0.1, 0.15) is 0 Å². The van der Waals surface area contributed by atoms with Gasteiger partial charge in [-0.05, 0) is 56.1 Å². The van der Waals surface area contributed by atoms with E-state index in [4.69, 9.17) is 0 Å². The summed E-state index contributed by atoms with van der Waals surface area (Å²) in [7, 11) is 0. The van der Waals surface area contributed by atoms with Crippen LogP contribution in [0.15, 0.2) is 24.3 Å². The number of benzene rings is 1. The number of rotatable bonds is 3. The summed E-state index contributed by atoms with van der Waals surface area (Å²) in [6.45, 7) is 2.38. The van der Waals surface area contributed by atoms with E-state index < -0.39 is 0 Å². The predicted molar refractivity (Wildman–Crippen MR) is 72.2 cm³/mol. The summed E-state index contributed by atoms with van der Waals surface area (Å²) in [6.07, 6.45) is 8.13. The van der Waals surface area contributed by atoms with Crippen LogP contribution in [0.3, 0.4) is 0 Å². The Labute approximate surface area is 105 Å². The van der Waals surface area contributed by atoms with Gasteiger partial charge in [-0.15, -0.1) is 0 Å². The van der Waals surface area contributed by atoms with E-state index in [0.717, 1.165) is 12.0 Å². The lowest BCUT2D eigenvalue weighted by Gasteiger charge is -2.36. The molecule has 1 saturated carbocycles. The fraction of sp³-hybridized carbons (Fsp3) is 0.625. The van der Waals surface area contributed by atoms with Gasteiger partial charge in [0.15, 0.2) is 0 Å². The molecule has 17 heavy (non-hydrogen) atoms. The standard InChI is InChI=1S/C16H23N/c1-12(13-7-4-8-13)17-16-10-9-14-5-2-3-6-15(14)11-16/h2-3,5-6,12-13,16-17H,4,7-11H2,1H3. The van der Waals surface area contributed by atoms with Crippen molar-refractivity contribution in [3.05, 3.63) is 35.4 Å². The Kier molecular flexibility index (Phi) is 3.19. The molecule has 0 amide bonds. The normalized spacial score (nSPS) is 26.1. The maximum absolute atomic E-state index is 3.86. The van der Waals surface area contributed by atoms with Crippen molar-refractivity contribution in [2.24, 2.45) is 5.92 Å². The van der Waals surface area contributed by atoms with Crippen molar-refractivity contribution in [2.45, 2.75) is 57.5 Å². The van der Waals surface area contributed by atoms with Crippen LogP contribution >= 0.6 is 0 Å². The first-order valence-electron chi connectivity index (χ1n) is 7.16. The third-order valence-electron chi connectivity index (χ3n) is 4.70. The molecular weight excluding hydrogens is 206 g/mol. The van der Waals surface area contributed by atoms with Crippen molar-refractivity contribution >= 4 is 0 Å². The van der Waals surface area contributed by atoms with Crippen molar-refractivity contribution in [1.29, 1.82) is 0 Å². The molecule has 0 aromatic heterocycles. The lowest BCUT2D eigenvalue weighted by molar-refractivity contribution is 0.221. The highest BCUT2D eigenvalue weighted by atomic mass is 15.0. The van der Waals surface area contributed by atoms with Crippen LogP contribution in [0, 0.1) is 5.92 Å². The molecule has 1 nitrogen and oxygen atoms in total. The Morgan fingerprint density at radius 3 is 2.59 bits per heavy atom. The van der Waals surface area contributed by atoms with Crippen molar-refractivity contribution in [2.75, 3.05) is 0 Å². The summed E-state index contributed by atoms with van der Waals surface area (Å²) in [4.78, 5) is 0. The van der Waals surface area contributed by atoms with Crippen molar-refractivity contribution in [3.8, 4) is 0 Å². The number of aryl methyl sites for hydroxylation is 1. The number of fused-ring (bicyclic) bond motifs is 1. The third kappa shape index (κ3) is 2.40. The summed E-state index contributed by atoms with van der Waals surface area (Å²) in [5.74, 6) is 0.951. The highest BCUT2D eigenvalue weighted by Gasteiger charge is 2.26. The molecular formula is C16H23N. The minimum absolute atomic E-state index is 0.709. The van der Waals surface area contributed by atoms with E-state index in [1.54, 1.807) is 11.1 Å². The van der Waals surface area contributed by atoms with Gasteiger partial charge in [-0.1, -0.05) is 30.7 Å². The smallest absolute Gasteiger partial charge is 0.0113 e. The molecule has 2 aliphatic carbocycles. The largest absolute Gasteiger partial charge is 0.311 e. The molecule has 0 aliphatic heterocycles. The summed E-state index contributed by atoms with van der Waals surface area (Å²) < 4.78 is 0. The monoisotopic (exact) mass is 229 g/mol. The minimum atomic E-state index is 0.709. The van der Waals surface area contributed by atoms with E-state index in [0.29, 0.717) is 6.04 Å². The van der Waals surface area contributed by atoms with Crippen molar-refractivity contribution in [3.63, 3.8) is 0 Å². The van der Waals surface area contributed by atoms with Gasteiger partial charge < -0.3 is 5.32 Å². The highest BCUT2D eigenvalue weighted by molar-refractivity contribution is 5.30.